The smallest absolute Gasteiger partial charge is 0.387 e. The zero-order chi connectivity index (χ0) is 10.7. The number of anilines is 1. The Morgan fingerprint density at radius 1 is 1.43 bits per heavy atom. The average Bonchev–Trinajstić information content (AvgIpc) is 2.11. The first kappa shape index (κ1) is 10.2. The molecule has 74 valence electrons. The first-order chi connectivity index (χ1) is 6.54. The summed E-state index contributed by atoms with van der Waals surface area (Å²) in [4.78, 5) is 0. The summed E-state index contributed by atoms with van der Waals surface area (Å²) >= 11 is 0. The van der Waals surface area contributed by atoms with Crippen LogP contribution in [0.1, 0.15) is 5.56 Å². The van der Waals surface area contributed by atoms with Crippen LogP contribution in [0.5, 0.6) is 5.75 Å². The quantitative estimate of drug-likeness (QED) is 0.745. The molecule has 0 fully saturated rings. The van der Waals surface area contributed by atoms with Gasteiger partial charge in [-0.05, 0) is 6.07 Å². The lowest BCUT2D eigenvalue weighted by molar-refractivity contribution is -0.0494. The number of hydrogen-bond donors (Lipinski definition) is 1. The van der Waals surface area contributed by atoms with Crippen LogP contribution in [0, 0.1) is 17.1 Å². The van der Waals surface area contributed by atoms with Gasteiger partial charge in [0.25, 0.3) is 0 Å². The minimum absolute atomic E-state index is 0.132. The third-order valence-electron chi connectivity index (χ3n) is 1.44. The third-order valence-corrected chi connectivity index (χ3v) is 1.44. The summed E-state index contributed by atoms with van der Waals surface area (Å²) in [6, 6.07) is 3.38. The number of nitrogens with zero attached hydrogens (tertiary/aromatic N) is 1. The average molecular weight is 202 g/mol. The zero-order valence-electron chi connectivity index (χ0n) is 6.80. The lowest BCUT2D eigenvalue weighted by Crippen LogP contribution is -2.06. The molecule has 0 heterocycles. The number of alkyl halides is 2. The van der Waals surface area contributed by atoms with E-state index in [0.29, 0.717) is 0 Å². The summed E-state index contributed by atoms with van der Waals surface area (Å²) in [5.74, 6) is -1.49. The van der Waals surface area contributed by atoms with Crippen molar-refractivity contribution in [2.45, 2.75) is 6.61 Å². The predicted molar refractivity (Wildman–Crippen MR) is 42.2 cm³/mol. The van der Waals surface area contributed by atoms with Gasteiger partial charge in [0.15, 0.2) is 11.6 Å². The van der Waals surface area contributed by atoms with E-state index in [0.717, 1.165) is 12.1 Å². The lowest BCUT2D eigenvalue weighted by atomic mass is 10.2. The number of ether oxygens (including phenoxy) is 1. The highest BCUT2D eigenvalue weighted by atomic mass is 19.3. The molecule has 0 unspecified atom stereocenters. The Bertz CT molecular complexity index is 387. The van der Waals surface area contributed by atoms with Crippen LogP contribution >= 0.6 is 0 Å². The van der Waals surface area contributed by atoms with Crippen molar-refractivity contribution >= 4 is 5.69 Å². The maximum absolute atomic E-state index is 12.9. The van der Waals surface area contributed by atoms with Crippen molar-refractivity contribution in [3.8, 4) is 11.8 Å². The van der Waals surface area contributed by atoms with E-state index in [-0.39, 0.29) is 5.56 Å². The van der Waals surface area contributed by atoms with Crippen LogP contribution in [-0.2, 0) is 0 Å². The van der Waals surface area contributed by atoms with Gasteiger partial charge in [-0.1, -0.05) is 0 Å². The highest BCUT2D eigenvalue weighted by molar-refractivity contribution is 5.57. The van der Waals surface area contributed by atoms with Crippen molar-refractivity contribution in [2.24, 2.45) is 0 Å². The highest BCUT2D eigenvalue weighted by Crippen LogP contribution is 2.27. The van der Waals surface area contributed by atoms with Gasteiger partial charge >= 0.3 is 6.61 Å². The van der Waals surface area contributed by atoms with Gasteiger partial charge in [0, 0.05) is 6.07 Å². The van der Waals surface area contributed by atoms with E-state index >= 15 is 0 Å². The summed E-state index contributed by atoms with van der Waals surface area (Å²) in [5.41, 5.74) is 4.44. The number of nitriles is 1. The standard InChI is InChI=1S/C8H5F3N2O/c9-5-1-4(3-12)2-6(7(5)13)14-8(10)11/h1-2,8H,13H2. The van der Waals surface area contributed by atoms with Crippen LogP contribution in [0.15, 0.2) is 12.1 Å². The molecule has 2 N–H and O–H groups in total. The minimum Gasteiger partial charge on any atom is -0.432 e. The summed E-state index contributed by atoms with van der Waals surface area (Å²) in [5, 5.41) is 8.41. The molecule has 0 amide bonds. The number of halogens is 3. The van der Waals surface area contributed by atoms with E-state index in [4.69, 9.17) is 11.0 Å². The fourth-order valence-electron chi connectivity index (χ4n) is 0.851. The van der Waals surface area contributed by atoms with Gasteiger partial charge in [-0.3, -0.25) is 0 Å². The second kappa shape index (κ2) is 3.87. The molecule has 1 rings (SSSR count). The van der Waals surface area contributed by atoms with Crippen LogP contribution in [0.2, 0.25) is 0 Å². The monoisotopic (exact) mass is 202 g/mol. The van der Waals surface area contributed by atoms with Crippen molar-refractivity contribution in [2.75, 3.05) is 5.73 Å². The van der Waals surface area contributed by atoms with Gasteiger partial charge in [0.2, 0.25) is 0 Å². The molecule has 0 saturated carbocycles. The zero-order valence-corrected chi connectivity index (χ0v) is 6.80. The number of benzene rings is 1. The molecular weight excluding hydrogens is 197 g/mol. The van der Waals surface area contributed by atoms with E-state index in [9.17, 15) is 13.2 Å². The molecule has 1 aromatic rings. The predicted octanol–water partition coefficient (Wildman–Crippen LogP) is 1.88. The van der Waals surface area contributed by atoms with Crippen molar-refractivity contribution in [1.82, 2.24) is 0 Å². The largest absolute Gasteiger partial charge is 0.432 e. The highest BCUT2D eigenvalue weighted by Gasteiger charge is 2.12. The molecule has 0 atom stereocenters. The van der Waals surface area contributed by atoms with Gasteiger partial charge in [-0.25, -0.2) is 4.39 Å². The first-order valence-electron chi connectivity index (χ1n) is 3.48. The third kappa shape index (κ3) is 2.07. The molecule has 0 saturated heterocycles. The molecule has 6 heteroatoms. The molecule has 0 aromatic heterocycles. The van der Waals surface area contributed by atoms with Crippen LogP contribution in [0.25, 0.3) is 0 Å². The summed E-state index contributed by atoms with van der Waals surface area (Å²) < 4.78 is 40.4. The van der Waals surface area contributed by atoms with Crippen molar-refractivity contribution < 1.29 is 17.9 Å². The molecular formula is C8H5F3N2O. The molecule has 0 aliphatic carbocycles. The fraction of sp³-hybridized carbons (Fsp3) is 0.125. The molecule has 14 heavy (non-hydrogen) atoms. The minimum atomic E-state index is -3.11. The Morgan fingerprint density at radius 3 is 2.57 bits per heavy atom. The molecule has 3 nitrogen and oxygen atoms in total. The molecule has 0 spiro atoms. The van der Waals surface area contributed by atoms with Gasteiger partial charge in [-0.15, -0.1) is 0 Å². The fourth-order valence-corrected chi connectivity index (χ4v) is 0.851. The maximum atomic E-state index is 12.9. The molecule has 0 radical (unpaired) electrons. The summed E-state index contributed by atoms with van der Waals surface area (Å²) in [6.07, 6.45) is 0. The number of hydrogen-bond acceptors (Lipinski definition) is 3. The topological polar surface area (TPSA) is 59.0 Å². The summed E-state index contributed by atoms with van der Waals surface area (Å²) in [7, 11) is 0. The Kier molecular flexibility index (Phi) is 2.82. The normalized spacial score (nSPS) is 9.93. The first-order valence-corrected chi connectivity index (χ1v) is 3.48. The van der Waals surface area contributed by atoms with Crippen LogP contribution in [-0.4, -0.2) is 6.61 Å². The second-order valence-electron chi connectivity index (χ2n) is 2.36. The molecule has 1 aromatic carbocycles. The van der Waals surface area contributed by atoms with E-state index in [1.54, 1.807) is 6.07 Å². The SMILES string of the molecule is N#Cc1cc(F)c(N)c(OC(F)F)c1. The Morgan fingerprint density at radius 2 is 2.07 bits per heavy atom. The Balaban J connectivity index is 3.15. The van der Waals surface area contributed by atoms with Crippen LogP contribution < -0.4 is 10.5 Å². The van der Waals surface area contributed by atoms with E-state index in [1.165, 1.54) is 0 Å². The molecule has 0 bridgehead atoms. The van der Waals surface area contributed by atoms with Gasteiger partial charge in [0.05, 0.1) is 11.6 Å². The van der Waals surface area contributed by atoms with Crippen LogP contribution in [0.3, 0.4) is 0 Å². The Hall–Kier alpha value is -1.90. The Labute approximate surface area is 77.5 Å². The van der Waals surface area contributed by atoms with E-state index < -0.39 is 23.9 Å². The van der Waals surface area contributed by atoms with Crippen molar-refractivity contribution in [3.63, 3.8) is 0 Å². The van der Waals surface area contributed by atoms with Crippen molar-refractivity contribution in [1.29, 1.82) is 5.26 Å². The number of nitrogens with two attached hydrogens (primary N) is 1. The van der Waals surface area contributed by atoms with Gasteiger partial charge < -0.3 is 10.5 Å². The maximum Gasteiger partial charge on any atom is 0.387 e. The van der Waals surface area contributed by atoms with E-state index in [2.05, 4.69) is 4.74 Å². The van der Waals surface area contributed by atoms with Crippen LogP contribution in [0.4, 0.5) is 18.9 Å². The second-order valence-corrected chi connectivity index (χ2v) is 2.36. The van der Waals surface area contributed by atoms with Crippen molar-refractivity contribution in [3.05, 3.63) is 23.5 Å². The molecule has 0 aliphatic heterocycles. The van der Waals surface area contributed by atoms with Gasteiger partial charge in [0.1, 0.15) is 5.69 Å². The van der Waals surface area contributed by atoms with E-state index in [1.807, 2.05) is 0 Å². The van der Waals surface area contributed by atoms with Gasteiger partial charge in [-0.2, -0.15) is 14.0 Å². The number of rotatable bonds is 2. The lowest BCUT2D eigenvalue weighted by Gasteiger charge is -2.08. The summed E-state index contributed by atoms with van der Waals surface area (Å²) in [6.45, 7) is -3.11. The molecule has 0 aliphatic rings. The number of nitrogen functional groups attached to an aromatic ring is 1.